The SMILES string of the molecule is N#Cc1cc(-c2cccc(-c3cc(-c4ccc(-c5cccc6c5oc5ccccc56)cc4)cc(-c4cccc(-c5cc(C#N)cc(-c6cccc7c6oc6ccccc67)c5)c4)c3)c2)cc(-c2cccc3c2oc2ccccc23)c1. The van der Waals surface area contributed by atoms with Gasteiger partial charge in [-0.2, -0.15) is 10.5 Å². The van der Waals surface area contributed by atoms with Gasteiger partial charge in [0.1, 0.15) is 33.5 Å². The lowest BCUT2D eigenvalue weighted by Gasteiger charge is -2.14. The Morgan fingerprint density at radius 1 is 0.215 bits per heavy atom. The van der Waals surface area contributed by atoms with Gasteiger partial charge in [-0.05, 0) is 157 Å². The Morgan fingerprint density at radius 2 is 0.494 bits per heavy atom. The van der Waals surface area contributed by atoms with Crippen LogP contribution < -0.4 is 0 Å². The van der Waals surface area contributed by atoms with Gasteiger partial charge >= 0.3 is 0 Å². The molecule has 15 aromatic rings. The van der Waals surface area contributed by atoms with Crippen molar-refractivity contribution in [3.05, 3.63) is 266 Å². The molecule has 0 aliphatic heterocycles. The second-order valence-electron chi connectivity index (χ2n) is 20.2. The van der Waals surface area contributed by atoms with Crippen LogP contribution in [0.5, 0.6) is 0 Å². The zero-order valence-electron chi connectivity index (χ0n) is 42.4. The van der Waals surface area contributed by atoms with Crippen LogP contribution in [-0.4, -0.2) is 0 Å². The van der Waals surface area contributed by atoms with Crippen molar-refractivity contribution in [2.75, 3.05) is 0 Å². The molecular formula is C74H42N2O3. The summed E-state index contributed by atoms with van der Waals surface area (Å²) in [5.41, 5.74) is 22.0. The van der Waals surface area contributed by atoms with Crippen molar-refractivity contribution in [3.63, 3.8) is 0 Å². The fourth-order valence-electron chi connectivity index (χ4n) is 11.7. The third-order valence-electron chi connectivity index (χ3n) is 15.5. The first-order valence-electron chi connectivity index (χ1n) is 26.3. The summed E-state index contributed by atoms with van der Waals surface area (Å²) < 4.78 is 19.4. The van der Waals surface area contributed by atoms with E-state index in [2.05, 4.69) is 194 Å². The molecule has 0 aliphatic rings. The van der Waals surface area contributed by atoms with Gasteiger partial charge in [0.15, 0.2) is 0 Å². The molecule has 0 radical (unpaired) electrons. The molecule has 0 saturated heterocycles. The van der Waals surface area contributed by atoms with Crippen LogP contribution in [0.2, 0.25) is 0 Å². The minimum absolute atomic E-state index is 0.564. The Kier molecular flexibility index (Phi) is 10.6. The van der Waals surface area contributed by atoms with E-state index >= 15 is 0 Å². The van der Waals surface area contributed by atoms with Crippen molar-refractivity contribution in [3.8, 4) is 101 Å². The maximum atomic E-state index is 10.4. The quantitative estimate of drug-likeness (QED) is 0.151. The molecule has 0 atom stereocenters. The second-order valence-corrected chi connectivity index (χ2v) is 20.2. The van der Waals surface area contributed by atoms with Gasteiger partial charge in [-0.1, -0.05) is 170 Å². The summed E-state index contributed by atoms with van der Waals surface area (Å²) in [5, 5.41) is 27.2. The summed E-state index contributed by atoms with van der Waals surface area (Å²) in [5.74, 6) is 0. The van der Waals surface area contributed by atoms with E-state index in [-0.39, 0.29) is 0 Å². The number of hydrogen-bond acceptors (Lipinski definition) is 5. The van der Waals surface area contributed by atoms with Gasteiger partial charge in [0.2, 0.25) is 0 Å². The smallest absolute Gasteiger partial charge is 0.143 e. The Balaban J connectivity index is 0.852. The topological polar surface area (TPSA) is 87.0 Å². The minimum atomic E-state index is 0.564. The summed E-state index contributed by atoms with van der Waals surface area (Å²) in [4.78, 5) is 0. The molecule has 5 nitrogen and oxygen atoms in total. The molecule has 0 N–H and O–H groups in total. The van der Waals surface area contributed by atoms with Crippen LogP contribution in [0, 0.1) is 22.7 Å². The highest BCUT2D eigenvalue weighted by molar-refractivity contribution is 6.12. The highest BCUT2D eigenvalue weighted by atomic mass is 16.3. The molecule has 0 bridgehead atoms. The predicted octanol–water partition coefficient (Wildman–Crippen LogP) is 20.5. The molecule has 0 aliphatic carbocycles. The molecule has 366 valence electrons. The monoisotopic (exact) mass is 1010 g/mol. The fourth-order valence-corrected chi connectivity index (χ4v) is 11.7. The van der Waals surface area contributed by atoms with E-state index in [1.54, 1.807) is 0 Å². The maximum absolute atomic E-state index is 10.4. The Hall–Kier alpha value is -11.0. The molecule has 3 heterocycles. The molecule has 0 unspecified atom stereocenters. The van der Waals surface area contributed by atoms with Crippen molar-refractivity contribution >= 4 is 65.8 Å². The van der Waals surface area contributed by atoms with E-state index in [4.69, 9.17) is 13.3 Å². The number of hydrogen-bond donors (Lipinski definition) is 0. The lowest BCUT2D eigenvalue weighted by molar-refractivity contribution is 0.669. The Morgan fingerprint density at radius 3 is 0.886 bits per heavy atom. The number of rotatable bonds is 8. The van der Waals surface area contributed by atoms with Gasteiger partial charge in [-0.15, -0.1) is 0 Å². The van der Waals surface area contributed by atoms with Gasteiger partial charge in [0.05, 0.1) is 23.3 Å². The first kappa shape index (κ1) is 45.4. The van der Waals surface area contributed by atoms with Crippen LogP contribution in [0.15, 0.2) is 268 Å². The third kappa shape index (κ3) is 7.85. The molecule has 15 rings (SSSR count). The molecule has 0 amide bonds. The van der Waals surface area contributed by atoms with E-state index < -0.39 is 0 Å². The standard InChI is InChI=1S/C74H42N2O3/c75-43-45-32-53(41-58(34-45)61-20-10-23-67-64-17-2-5-26-70(64)78-73(61)67)49-12-7-14-51(36-49)56-38-55(47-28-30-48(31-29-47)60-19-9-22-66-63-16-1-4-25-69(63)77-72(60)66)39-57(40-56)52-15-8-13-50(37-52)54-33-46(44-76)35-59(42-54)62-21-11-24-68-65-18-3-6-27-71(65)79-74(62)68/h1-42H. The van der Waals surface area contributed by atoms with Gasteiger partial charge in [-0.25, -0.2) is 0 Å². The summed E-state index contributed by atoms with van der Waals surface area (Å²) >= 11 is 0. The predicted molar refractivity (Wildman–Crippen MR) is 321 cm³/mol. The van der Waals surface area contributed by atoms with Crippen LogP contribution >= 0.6 is 0 Å². The van der Waals surface area contributed by atoms with E-state index in [9.17, 15) is 10.5 Å². The van der Waals surface area contributed by atoms with Crippen LogP contribution in [0.1, 0.15) is 11.1 Å². The van der Waals surface area contributed by atoms with Crippen molar-refractivity contribution in [1.82, 2.24) is 0 Å². The largest absolute Gasteiger partial charge is 0.455 e. The zero-order valence-corrected chi connectivity index (χ0v) is 42.4. The van der Waals surface area contributed by atoms with E-state index in [1.807, 2.05) is 72.8 Å². The number of para-hydroxylation sites is 6. The number of furan rings is 3. The van der Waals surface area contributed by atoms with E-state index in [0.29, 0.717) is 11.1 Å². The number of benzene rings is 12. The summed E-state index contributed by atoms with van der Waals surface area (Å²) in [6.45, 7) is 0. The molecular weight excluding hydrogens is 965 g/mol. The van der Waals surface area contributed by atoms with Crippen LogP contribution in [0.4, 0.5) is 0 Å². The van der Waals surface area contributed by atoms with Gasteiger partial charge in [-0.3, -0.25) is 0 Å². The van der Waals surface area contributed by atoms with Crippen LogP contribution in [-0.2, 0) is 0 Å². The molecule has 79 heavy (non-hydrogen) atoms. The second kappa shape index (κ2) is 18.4. The normalized spacial score (nSPS) is 11.5. The zero-order chi connectivity index (χ0) is 52.6. The molecule has 3 aromatic heterocycles. The first-order chi connectivity index (χ1) is 39.0. The van der Waals surface area contributed by atoms with Gasteiger partial charge in [0, 0.05) is 49.0 Å². The van der Waals surface area contributed by atoms with E-state index in [0.717, 1.165) is 155 Å². The fraction of sp³-hybridized carbons (Fsp3) is 0. The molecule has 0 fully saturated rings. The summed E-state index contributed by atoms with van der Waals surface area (Å²) in [6, 6.07) is 92.9. The van der Waals surface area contributed by atoms with Crippen molar-refractivity contribution in [2.45, 2.75) is 0 Å². The number of fused-ring (bicyclic) bond motifs is 9. The van der Waals surface area contributed by atoms with E-state index in [1.165, 1.54) is 0 Å². The number of nitriles is 2. The Bertz CT molecular complexity index is 4820. The first-order valence-corrected chi connectivity index (χ1v) is 26.3. The van der Waals surface area contributed by atoms with Crippen molar-refractivity contribution < 1.29 is 13.3 Å². The van der Waals surface area contributed by atoms with Gasteiger partial charge < -0.3 is 13.3 Å². The highest BCUT2D eigenvalue weighted by Gasteiger charge is 2.18. The van der Waals surface area contributed by atoms with Crippen molar-refractivity contribution in [2.24, 2.45) is 0 Å². The molecule has 0 spiro atoms. The van der Waals surface area contributed by atoms with Crippen molar-refractivity contribution in [1.29, 1.82) is 10.5 Å². The van der Waals surface area contributed by atoms with Crippen LogP contribution in [0.3, 0.4) is 0 Å². The van der Waals surface area contributed by atoms with Gasteiger partial charge in [0.25, 0.3) is 0 Å². The lowest BCUT2D eigenvalue weighted by Crippen LogP contribution is -1.90. The molecule has 12 aromatic carbocycles. The lowest BCUT2D eigenvalue weighted by atomic mass is 9.89. The molecule has 5 heteroatoms. The maximum Gasteiger partial charge on any atom is 0.143 e. The average molecular weight is 1010 g/mol. The summed E-state index contributed by atoms with van der Waals surface area (Å²) in [6.07, 6.45) is 0. The Labute approximate surface area is 454 Å². The highest BCUT2D eigenvalue weighted by Crippen LogP contribution is 2.43. The average Bonchev–Trinajstić information content (AvgIpc) is 4.34. The third-order valence-corrected chi connectivity index (χ3v) is 15.5. The number of nitrogens with zero attached hydrogens (tertiary/aromatic N) is 2. The minimum Gasteiger partial charge on any atom is -0.455 e. The summed E-state index contributed by atoms with van der Waals surface area (Å²) in [7, 11) is 0. The van der Waals surface area contributed by atoms with Crippen LogP contribution in [0.25, 0.3) is 155 Å². The molecule has 0 saturated carbocycles.